The van der Waals surface area contributed by atoms with Crippen LogP contribution in [-0.2, 0) is 4.74 Å². The summed E-state index contributed by atoms with van der Waals surface area (Å²) in [7, 11) is 1.35. The molecule has 0 spiro atoms. The smallest absolute Gasteiger partial charge is 0.337 e. The SMILES string of the molecule is COC(=O)c1ccc2nc(N)c3cn[nH]c3c2c1. The number of nitrogens with two attached hydrogens (primary N) is 1. The average Bonchev–Trinajstić information content (AvgIpc) is 2.88. The number of pyridine rings is 1. The first-order valence-electron chi connectivity index (χ1n) is 5.31. The Hall–Kier alpha value is -2.63. The number of methoxy groups -OCH3 is 1. The third-order valence-electron chi connectivity index (χ3n) is 2.84. The number of esters is 1. The maximum Gasteiger partial charge on any atom is 0.337 e. The summed E-state index contributed by atoms with van der Waals surface area (Å²) in [5.74, 6) is 0.0264. The van der Waals surface area contributed by atoms with Gasteiger partial charge in [-0.05, 0) is 18.2 Å². The molecule has 90 valence electrons. The van der Waals surface area contributed by atoms with E-state index in [4.69, 9.17) is 10.5 Å². The summed E-state index contributed by atoms with van der Waals surface area (Å²) in [5, 5.41) is 8.34. The van der Waals surface area contributed by atoms with E-state index in [1.165, 1.54) is 7.11 Å². The third kappa shape index (κ3) is 1.39. The predicted molar refractivity (Wildman–Crippen MR) is 67.1 cm³/mol. The minimum Gasteiger partial charge on any atom is -0.465 e. The number of anilines is 1. The van der Waals surface area contributed by atoms with Gasteiger partial charge in [0.2, 0.25) is 0 Å². The molecule has 0 unspecified atom stereocenters. The van der Waals surface area contributed by atoms with Crippen molar-refractivity contribution in [3.63, 3.8) is 0 Å². The van der Waals surface area contributed by atoms with Gasteiger partial charge in [0.25, 0.3) is 0 Å². The van der Waals surface area contributed by atoms with Crippen molar-refractivity contribution in [3.8, 4) is 0 Å². The number of carbonyl (C=O) groups excluding carboxylic acids is 1. The van der Waals surface area contributed by atoms with Crippen LogP contribution in [0.4, 0.5) is 5.82 Å². The lowest BCUT2D eigenvalue weighted by atomic mass is 10.1. The van der Waals surface area contributed by atoms with Gasteiger partial charge >= 0.3 is 5.97 Å². The highest BCUT2D eigenvalue weighted by Gasteiger charge is 2.11. The second kappa shape index (κ2) is 3.69. The lowest BCUT2D eigenvalue weighted by molar-refractivity contribution is 0.0601. The van der Waals surface area contributed by atoms with Gasteiger partial charge in [0, 0.05) is 5.39 Å². The maximum absolute atomic E-state index is 11.5. The molecule has 6 heteroatoms. The van der Waals surface area contributed by atoms with E-state index in [1.807, 2.05) is 0 Å². The van der Waals surface area contributed by atoms with Crippen molar-refractivity contribution in [1.29, 1.82) is 0 Å². The number of aromatic nitrogens is 3. The van der Waals surface area contributed by atoms with Crippen molar-refractivity contribution in [2.45, 2.75) is 0 Å². The molecular weight excluding hydrogens is 232 g/mol. The highest BCUT2D eigenvalue weighted by Crippen LogP contribution is 2.26. The Bertz CT molecular complexity index is 763. The molecule has 18 heavy (non-hydrogen) atoms. The number of rotatable bonds is 1. The van der Waals surface area contributed by atoms with E-state index in [1.54, 1.807) is 24.4 Å². The number of hydrogen-bond acceptors (Lipinski definition) is 5. The summed E-state index contributed by atoms with van der Waals surface area (Å²) >= 11 is 0. The lowest BCUT2D eigenvalue weighted by Gasteiger charge is -2.04. The van der Waals surface area contributed by atoms with Gasteiger partial charge in [-0.25, -0.2) is 9.78 Å². The van der Waals surface area contributed by atoms with Crippen LogP contribution in [0.2, 0.25) is 0 Å². The Kier molecular flexibility index (Phi) is 2.16. The second-order valence-corrected chi connectivity index (χ2v) is 3.88. The minimum absolute atomic E-state index is 0.388. The first-order valence-corrected chi connectivity index (χ1v) is 5.31. The Morgan fingerprint density at radius 1 is 1.39 bits per heavy atom. The van der Waals surface area contributed by atoms with Crippen LogP contribution in [0.3, 0.4) is 0 Å². The van der Waals surface area contributed by atoms with Crippen molar-refractivity contribution >= 4 is 33.6 Å². The average molecular weight is 242 g/mol. The fourth-order valence-corrected chi connectivity index (χ4v) is 1.95. The first kappa shape index (κ1) is 10.5. The summed E-state index contributed by atoms with van der Waals surface area (Å²) in [6.07, 6.45) is 1.61. The van der Waals surface area contributed by atoms with Gasteiger partial charge < -0.3 is 10.5 Å². The van der Waals surface area contributed by atoms with Crippen molar-refractivity contribution in [2.24, 2.45) is 0 Å². The number of benzene rings is 1. The van der Waals surface area contributed by atoms with Crippen molar-refractivity contribution < 1.29 is 9.53 Å². The molecule has 2 aromatic heterocycles. The molecule has 3 N–H and O–H groups in total. The number of nitrogens with one attached hydrogen (secondary N) is 1. The normalized spacial score (nSPS) is 10.9. The zero-order valence-corrected chi connectivity index (χ0v) is 9.60. The fraction of sp³-hybridized carbons (Fsp3) is 0.0833. The molecule has 0 fully saturated rings. The van der Waals surface area contributed by atoms with E-state index in [9.17, 15) is 4.79 Å². The number of H-pyrrole nitrogens is 1. The quantitative estimate of drug-likeness (QED) is 0.630. The van der Waals surface area contributed by atoms with Crippen molar-refractivity contribution in [3.05, 3.63) is 30.0 Å². The Morgan fingerprint density at radius 3 is 3.00 bits per heavy atom. The summed E-state index contributed by atoms with van der Waals surface area (Å²) in [6, 6.07) is 5.11. The summed E-state index contributed by atoms with van der Waals surface area (Å²) in [5.41, 5.74) is 7.77. The number of fused-ring (bicyclic) bond motifs is 3. The van der Waals surface area contributed by atoms with Crippen LogP contribution >= 0.6 is 0 Å². The Labute approximate surface area is 102 Å². The Balaban J connectivity index is 2.38. The van der Waals surface area contributed by atoms with Crippen LogP contribution in [-0.4, -0.2) is 28.3 Å². The van der Waals surface area contributed by atoms with E-state index in [2.05, 4.69) is 15.2 Å². The summed E-state index contributed by atoms with van der Waals surface area (Å²) in [6.45, 7) is 0. The second-order valence-electron chi connectivity index (χ2n) is 3.88. The molecule has 0 saturated heterocycles. The molecule has 0 atom stereocenters. The van der Waals surface area contributed by atoms with Gasteiger partial charge in [-0.3, -0.25) is 5.10 Å². The minimum atomic E-state index is -0.388. The molecule has 2 heterocycles. The number of nitrogens with zero attached hydrogens (tertiary/aromatic N) is 2. The van der Waals surface area contributed by atoms with Crippen LogP contribution in [0.1, 0.15) is 10.4 Å². The first-order chi connectivity index (χ1) is 8.70. The molecule has 0 aliphatic carbocycles. The van der Waals surface area contributed by atoms with Crippen molar-refractivity contribution in [2.75, 3.05) is 12.8 Å². The number of aromatic amines is 1. The van der Waals surface area contributed by atoms with Gasteiger partial charge in [0.05, 0.1) is 35.3 Å². The van der Waals surface area contributed by atoms with Crippen LogP contribution in [0.25, 0.3) is 21.8 Å². The number of ether oxygens (including phenoxy) is 1. The van der Waals surface area contributed by atoms with E-state index in [0.717, 1.165) is 16.3 Å². The fourth-order valence-electron chi connectivity index (χ4n) is 1.95. The highest BCUT2D eigenvalue weighted by atomic mass is 16.5. The molecule has 3 aromatic rings. The zero-order chi connectivity index (χ0) is 12.7. The molecular formula is C12H10N4O2. The van der Waals surface area contributed by atoms with E-state index in [0.29, 0.717) is 16.9 Å². The van der Waals surface area contributed by atoms with Crippen LogP contribution in [0, 0.1) is 0 Å². The number of hydrogen-bond donors (Lipinski definition) is 2. The summed E-state index contributed by atoms with van der Waals surface area (Å²) in [4.78, 5) is 15.8. The third-order valence-corrected chi connectivity index (χ3v) is 2.84. The van der Waals surface area contributed by atoms with Crippen molar-refractivity contribution in [1.82, 2.24) is 15.2 Å². The van der Waals surface area contributed by atoms with Crippen LogP contribution in [0.15, 0.2) is 24.4 Å². The van der Waals surface area contributed by atoms with Gasteiger partial charge in [0.1, 0.15) is 5.82 Å². The van der Waals surface area contributed by atoms with Gasteiger partial charge in [-0.2, -0.15) is 5.10 Å². The lowest BCUT2D eigenvalue weighted by Crippen LogP contribution is -2.01. The molecule has 3 rings (SSSR count). The standard InChI is InChI=1S/C12H10N4O2/c1-18-12(17)6-2-3-9-7(4-6)10-8(5-14-16-10)11(13)15-9/h2-5H,1H3,(H2,13,15)(H,14,16). The van der Waals surface area contributed by atoms with E-state index < -0.39 is 0 Å². The summed E-state index contributed by atoms with van der Waals surface area (Å²) < 4.78 is 4.69. The van der Waals surface area contributed by atoms with E-state index in [-0.39, 0.29) is 5.97 Å². The monoisotopic (exact) mass is 242 g/mol. The highest BCUT2D eigenvalue weighted by molar-refractivity contribution is 6.09. The topological polar surface area (TPSA) is 93.9 Å². The molecule has 1 aromatic carbocycles. The molecule has 0 bridgehead atoms. The Morgan fingerprint density at radius 2 is 2.22 bits per heavy atom. The molecule has 0 aliphatic rings. The van der Waals surface area contributed by atoms with Crippen LogP contribution < -0.4 is 5.73 Å². The van der Waals surface area contributed by atoms with Gasteiger partial charge in [0.15, 0.2) is 0 Å². The van der Waals surface area contributed by atoms with Gasteiger partial charge in [-0.15, -0.1) is 0 Å². The molecule has 6 nitrogen and oxygen atoms in total. The predicted octanol–water partition coefficient (Wildman–Crippen LogP) is 1.48. The maximum atomic E-state index is 11.5. The number of carbonyl (C=O) groups is 1. The van der Waals surface area contributed by atoms with Gasteiger partial charge in [-0.1, -0.05) is 0 Å². The molecule has 0 radical (unpaired) electrons. The van der Waals surface area contributed by atoms with Crippen LogP contribution in [0.5, 0.6) is 0 Å². The molecule has 0 amide bonds. The molecule has 0 saturated carbocycles. The number of nitrogen functional groups attached to an aromatic ring is 1. The molecule has 0 aliphatic heterocycles. The zero-order valence-electron chi connectivity index (χ0n) is 9.60. The largest absolute Gasteiger partial charge is 0.465 e. The van der Waals surface area contributed by atoms with E-state index >= 15 is 0 Å².